The maximum Gasteiger partial charge on any atom is 0.239 e. The summed E-state index contributed by atoms with van der Waals surface area (Å²) < 4.78 is 0. The van der Waals surface area contributed by atoms with Crippen molar-refractivity contribution in [2.45, 2.75) is 51.1 Å². The topological polar surface area (TPSA) is 99.1 Å². The average Bonchev–Trinajstić information content (AvgIpc) is 3.15. The molecule has 7 heteroatoms. The van der Waals surface area contributed by atoms with Gasteiger partial charge in [0.15, 0.2) is 0 Å². The number of nitriles is 1. The lowest BCUT2D eigenvalue weighted by atomic mass is 10.0. The minimum absolute atomic E-state index is 0.0212. The van der Waals surface area contributed by atoms with Crippen molar-refractivity contribution in [1.82, 2.24) is 14.9 Å². The third-order valence-electron chi connectivity index (χ3n) is 6.32. The highest BCUT2D eigenvalue weighted by Crippen LogP contribution is 2.38. The molecule has 1 aromatic carbocycles. The zero-order valence-corrected chi connectivity index (χ0v) is 17.6. The van der Waals surface area contributed by atoms with Crippen LogP contribution in [0.3, 0.4) is 0 Å². The van der Waals surface area contributed by atoms with Crippen LogP contribution in [0.15, 0.2) is 30.6 Å². The molecule has 3 atom stereocenters. The Hall–Kier alpha value is -2.98. The highest BCUT2D eigenvalue weighted by Gasteiger charge is 2.33. The largest absolute Gasteiger partial charge is 0.350 e. The van der Waals surface area contributed by atoms with E-state index in [4.69, 9.17) is 11.0 Å². The van der Waals surface area contributed by atoms with Crippen LogP contribution >= 0.6 is 0 Å². The van der Waals surface area contributed by atoms with Crippen molar-refractivity contribution in [3.8, 4) is 6.07 Å². The number of aromatic nitrogens is 2. The third kappa shape index (κ3) is 3.88. The molecular formula is C23H28N6O. The van der Waals surface area contributed by atoms with Gasteiger partial charge in [-0.15, -0.1) is 0 Å². The van der Waals surface area contributed by atoms with Crippen molar-refractivity contribution in [1.29, 1.82) is 5.26 Å². The Bertz CT molecular complexity index is 967. The summed E-state index contributed by atoms with van der Waals surface area (Å²) in [5.74, 6) is 1.49. The quantitative estimate of drug-likeness (QED) is 0.837. The molecule has 30 heavy (non-hydrogen) atoms. The van der Waals surface area contributed by atoms with Crippen molar-refractivity contribution in [2.75, 3.05) is 24.5 Å². The Labute approximate surface area is 177 Å². The van der Waals surface area contributed by atoms with E-state index >= 15 is 0 Å². The number of amides is 1. The first-order valence-corrected chi connectivity index (χ1v) is 10.6. The number of aryl methyl sites for hydroxylation is 1. The Morgan fingerprint density at radius 2 is 2.03 bits per heavy atom. The number of fused-ring (bicyclic) bond motifs is 1. The summed E-state index contributed by atoms with van der Waals surface area (Å²) in [6.07, 6.45) is 4.28. The van der Waals surface area contributed by atoms with Gasteiger partial charge >= 0.3 is 0 Å². The summed E-state index contributed by atoms with van der Waals surface area (Å²) in [4.78, 5) is 26.2. The predicted octanol–water partition coefficient (Wildman–Crippen LogP) is 2.01. The molecule has 1 fully saturated rings. The minimum atomic E-state index is -0.583. The molecule has 0 radical (unpaired) electrons. The van der Waals surface area contributed by atoms with Crippen LogP contribution in [0.4, 0.5) is 5.82 Å². The number of nitrogens with two attached hydrogens (primary N) is 1. The molecule has 4 rings (SSSR count). The van der Waals surface area contributed by atoms with E-state index in [1.807, 2.05) is 17.0 Å². The van der Waals surface area contributed by atoms with Gasteiger partial charge in [-0.05, 0) is 49.8 Å². The van der Waals surface area contributed by atoms with Crippen molar-refractivity contribution >= 4 is 11.7 Å². The number of nitrogens with zero attached hydrogens (tertiary/aromatic N) is 5. The number of carbonyl (C=O) groups excluding carboxylic acids is 1. The standard InChI is InChI=1S/C23H28N6O/c1-15-3-8-20-21(15)22(27-14-26-20)29-10-9-28(13-16(29)2)23(30)19(25)11-17-4-6-18(12-24)7-5-17/h4-7,14-16,19H,3,8-11,13,25H2,1-2H3/t15-,16+,19?/m1/s1. The lowest BCUT2D eigenvalue weighted by Crippen LogP contribution is -2.57. The van der Waals surface area contributed by atoms with Gasteiger partial charge in [-0.25, -0.2) is 9.97 Å². The average molecular weight is 405 g/mol. The van der Waals surface area contributed by atoms with Gasteiger partial charge < -0.3 is 15.5 Å². The van der Waals surface area contributed by atoms with Crippen LogP contribution in [0.1, 0.15) is 48.6 Å². The van der Waals surface area contributed by atoms with Crippen LogP contribution in [-0.4, -0.2) is 52.5 Å². The molecule has 1 aliphatic carbocycles. The number of carbonyl (C=O) groups is 1. The van der Waals surface area contributed by atoms with E-state index in [9.17, 15) is 4.79 Å². The van der Waals surface area contributed by atoms with E-state index in [-0.39, 0.29) is 11.9 Å². The summed E-state index contributed by atoms with van der Waals surface area (Å²) in [6.45, 7) is 6.39. The second-order valence-electron chi connectivity index (χ2n) is 8.44. The number of anilines is 1. The van der Waals surface area contributed by atoms with E-state index in [0.29, 0.717) is 31.0 Å². The lowest BCUT2D eigenvalue weighted by molar-refractivity contribution is -0.133. The Morgan fingerprint density at radius 3 is 2.73 bits per heavy atom. The van der Waals surface area contributed by atoms with Crippen LogP contribution in [0, 0.1) is 11.3 Å². The molecular weight excluding hydrogens is 376 g/mol. The highest BCUT2D eigenvalue weighted by molar-refractivity contribution is 5.82. The molecule has 2 aliphatic rings. The SMILES string of the molecule is C[C@@H]1CCc2ncnc(N3CCN(C(=O)C(N)Cc4ccc(C#N)cc4)C[C@@H]3C)c21. The van der Waals surface area contributed by atoms with Gasteiger partial charge in [-0.1, -0.05) is 19.1 Å². The molecule has 1 amide bonds. The summed E-state index contributed by atoms with van der Waals surface area (Å²) in [6, 6.07) is 8.93. The fourth-order valence-electron chi connectivity index (χ4n) is 4.62. The molecule has 1 unspecified atom stereocenters. The van der Waals surface area contributed by atoms with Crippen LogP contribution in [0.25, 0.3) is 0 Å². The molecule has 2 aromatic rings. The van der Waals surface area contributed by atoms with Crippen molar-refractivity contribution in [3.63, 3.8) is 0 Å². The molecule has 0 saturated carbocycles. The first-order valence-electron chi connectivity index (χ1n) is 10.6. The molecule has 1 aromatic heterocycles. The number of hydrogen-bond donors (Lipinski definition) is 1. The molecule has 0 bridgehead atoms. The maximum absolute atomic E-state index is 13.0. The zero-order valence-electron chi connectivity index (χ0n) is 17.6. The van der Waals surface area contributed by atoms with Gasteiger partial charge in [0, 0.05) is 36.9 Å². The monoisotopic (exact) mass is 404 g/mol. The molecule has 1 aliphatic heterocycles. The van der Waals surface area contributed by atoms with E-state index in [1.165, 1.54) is 11.3 Å². The van der Waals surface area contributed by atoms with Gasteiger partial charge in [-0.2, -0.15) is 5.26 Å². The number of rotatable bonds is 4. The van der Waals surface area contributed by atoms with Crippen molar-refractivity contribution in [2.24, 2.45) is 5.73 Å². The molecule has 2 N–H and O–H groups in total. The molecule has 0 spiro atoms. The van der Waals surface area contributed by atoms with Crippen LogP contribution < -0.4 is 10.6 Å². The van der Waals surface area contributed by atoms with Crippen LogP contribution in [-0.2, 0) is 17.6 Å². The van der Waals surface area contributed by atoms with E-state index in [1.54, 1.807) is 18.5 Å². The summed E-state index contributed by atoms with van der Waals surface area (Å²) in [5, 5.41) is 8.92. The smallest absolute Gasteiger partial charge is 0.239 e. The van der Waals surface area contributed by atoms with Crippen LogP contribution in [0.5, 0.6) is 0 Å². The number of benzene rings is 1. The fraction of sp³-hybridized carbons (Fsp3) is 0.478. The third-order valence-corrected chi connectivity index (χ3v) is 6.32. The Balaban J connectivity index is 1.41. The van der Waals surface area contributed by atoms with Gasteiger partial charge in [0.1, 0.15) is 12.1 Å². The second-order valence-corrected chi connectivity index (χ2v) is 8.44. The van der Waals surface area contributed by atoms with Crippen molar-refractivity contribution < 1.29 is 4.79 Å². The highest BCUT2D eigenvalue weighted by atomic mass is 16.2. The predicted molar refractivity (Wildman–Crippen MR) is 115 cm³/mol. The second kappa shape index (κ2) is 8.41. The van der Waals surface area contributed by atoms with Gasteiger partial charge in [0.05, 0.1) is 17.7 Å². The first kappa shape index (κ1) is 20.3. The normalized spacial score (nSPS) is 21.8. The zero-order chi connectivity index (χ0) is 21.3. The number of piperazine rings is 1. The van der Waals surface area contributed by atoms with E-state index in [2.05, 4.69) is 34.8 Å². The molecule has 156 valence electrons. The fourth-order valence-corrected chi connectivity index (χ4v) is 4.62. The summed E-state index contributed by atoms with van der Waals surface area (Å²) in [5.41, 5.74) is 10.3. The molecule has 7 nitrogen and oxygen atoms in total. The lowest BCUT2D eigenvalue weighted by Gasteiger charge is -2.42. The Morgan fingerprint density at radius 1 is 1.27 bits per heavy atom. The minimum Gasteiger partial charge on any atom is -0.350 e. The maximum atomic E-state index is 13.0. The van der Waals surface area contributed by atoms with Crippen molar-refractivity contribution in [3.05, 3.63) is 53.0 Å². The van der Waals surface area contributed by atoms with E-state index < -0.39 is 6.04 Å². The van der Waals surface area contributed by atoms with Gasteiger partial charge in [0.25, 0.3) is 0 Å². The van der Waals surface area contributed by atoms with Crippen LogP contribution in [0.2, 0.25) is 0 Å². The first-order chi connectivity index (χ1) is 14.5. The number of hydrogen-bond acceptors (Lipinski definition) is 6. The molecule has 2 heterocycles. The summed E-state index contributed by atoms with van der Waals surface area (Å²) in [7, 11) is 0. The summed E-state index contributed by atoms with van der Waals surface area (Å²) >= 11 is 0. The molecule has 1 saturated heterocycles. The van der Waals surface area contributed by atoms with Gasteiger partial charge in [-0.3, -0.25) is 4.79 Å². The van der Waals surface area contributed by atoms with Gasteiger partial charge in [0.2, 0.25) is 5.91 Å². The Kier molecular flexibility index (Phi) is 5.69. The van der Waals surface area contributed by atoms with E-state index in [0.717, 1.165) is 30.8 Å².